The molecule has 0 saturated carbocycles. The summed E-state index contributed by atoms with van der Waals surface area (Å²) >= 11 is 5.26. The maximum Gasteiger partial charge on any atom is 0.227 e. The van der Waals surface area contributed by atoms with Crippen LogP contribution in [0.5, 0.6) is 0 Å². The van der Waals surface area contributed by atoms with Gasteiger partial charge in [0.2, 0.25) is 5.91 Å². The molecule has 0 aliphatic heterocycles. The molecule has 0 radical (unpaired) electrons. The van der Waals surface area contributed by atoms with E-state index in [0.717, 1.165) is 0 Å². The molecule has 0 unspecified atom stereocenters. The number of rotatable bonds is 3. The van der Waals surface area contributed by atoms with E-state index in [1.807, 2.05) is 0 Å². The Hall–Kier alpha value is 0.170. The van der Waals surface area contributed by atoms with Gasteiger partial charge in [-0.05, 0) is 0 Å². The van der Waals surface area contributed by atoms with Gasteiger partial charge in [0, 0.05) is 5.08 Å². The van der Waals surface area contributed by atoms with Crippen LogP contribution in [0.25, 0.3) is 0 Å². The van der Waals surface area contributed by atoms with Crippen molar-refractivity contribution in [2.24, 2.45) is 5.73 Å². The smallest absolute Gasteiger partial charge is 0.227 e. The van der Waals surface area contributed by atoms with E-state index in [2.05, 4.69) is 12.6 Å². The summed E-state index contributed by atoms with van der Waals surface area (Å²) in [6, 6.07) is 0. The van der Waals surface area contributed by atoms with Gasteiger partial charge >= 0.3 is 0 Å². The van der Waals surface area contributed by atoms with Crippen molar-refractivity contribution in [1.29, 1.82) is 0 Å². The van der Waals surface area contributed by atoms with E-state index in [9.17, 15) is 4.79 Å². The van der Waals surface area contributed by atoms with Gasteiger partial charge in [0.05, 0.1) is 5.75 Å². The molecule has 1 amide bonds. The number of thiol groups is 1. The van der Waals surface area contributed by atoms with E-state index in [0.29, 0.717) is 10.8 Å². The topological polar surface area (TPSA) is 43.1 Å². The maximum atomic E-state index is 9.93. The summed E-state index contributed by atoms with van der Waals surface area (Å²) in [4.78, 5) is 9.93. The second-order valence-corrected chi connectivity index (χ2v) is 2.67. The zero-order chi connectivity index (χ0) is 5.70. The summed E-state index contributed by atoms with van der Waals surface area (Å²) in [5.41, 5.74) is 4.78. The average Bonchev–Trinajstić information content (AvgIpc) is 1.61. The lowest BCUT2D eigenvalue weighted by atomic mass is 10.8. The fourth-order valence-corrected chi connectivity index (χ4v) is 0.713. The first-order valence-electron chi connectivity index (χ1n) is 1.74. The first-order valence-corrected chi connectivity index (χ1v) is 3.53. The Bertz CT molecular complexity index is 66.0. The summed E-state index contributed by atoms with van der Waals surface area (Å²) in [5, 5.41) is 0.656. The number of nitrogens with two attached hydrogens (primary N) is 1. The zero-order valence-corrected chi connectivity index (χ0v) is 5.47. The van der Waals surface area contributed by atoms with Crippen LogP contribution in [-0.4, -0.2) is 16.7 Å². The molecule has 2 nitrogen and oxygen atoms in total. The predicted octanol–water partition coefficient (Wildman–Crippen LogP) is 0.0922. The SMILES string of the molecule is NC(=O)CSCS. The van der Waals surface area contributed by atoms with Crippen molar-refractivity contribution in [3.63, 3.8) is 0 Å². The minimum absolute atomic E-state index is 0.279. The van der Waals surface area contributed by atoms with Gasteiger partial charge in [-0.3, -0.25) is 4.79 Å². The molecule has 0 spiro atoms. The van der Waals surface area contributed by atoms with E-state index in [1.165, 1.54) is 11.8 Å². The molecule has 4 heteroatoms. The molecule has 7 heavy (non-hydrogen) atoms. The Morgan fingerprint density at radius 2 is 2.43 bits per heavy atom. The van der Waals surface area contributed by atoms with Gasteiger partial charge in [0.25, 0.3) is 0 Å². The molecule has 0 fully saturated rings. The van der Waals surface area contributed by atoms with Crippen LogP contribution in [0.2, 0.25) is 0 Å². The largest absolute Gasteiger partial charge is 0.369 e. The molecule has 0 heterocycles. The third kappa shape index (κ3) is 6.17. The van der Waals surface area contributed by atoms with Crippen molar-refractivity contribution in [3.8, 4) is 0 Å². The lowest BCUT2D eigenvalue weighted by molar-refractivity contribution is -0.115. The zero-order valence-electron chi connectivity index (χ0n) is 3.76. The molecule has 0 saturated heterocycles. The minimum atomic E-state index is -0.279. The van der Waals surface area contributed by atoms with Gasteiger partial charge in [-0.25, -0.2) is 0 Å². The summed E-state index contributed by atoms with van der Waals surface area (Å²) in [6.45, 7) is 0. The van der Waals surface area contributed by atoms with Crippen molar-refractivity contribution >= 4 is 30.3 Å². The number of hydrogen-bond acceptors (Lipinski definition) is 3. The highest BCUT2D eigenvalue weighted by Gasteiger charge is 1.88. The Morgan fingerprint density at radius 1 is 1.86 bits per heavy atom. The van der Waals surface area contributed by atoms with Crippen molar-refractivity contribution in [2.45, 2.75) is 0 Å². The van der Waals surface area contributed by atoms with E-state index in [1.54, 1.807) is 0 Å². The second kappa shape index (κ2) is 4.33. The first kappa shape index (κ1) is 7.17. The second-order valence-electron chi connectivity index (χ2n) is 0.944. The molecule has 0 aromatic rings. The quantitative estimate of drug-likeness (QED) is 0.428. The fraction of sp³-hybridized carbons (Fsp3) is 0.667. The van der Waals surface area contributed by atoms with Crippen LogP contribution >= 0.6 is 24.4 Å². The van der Waals surface area contributed by atoms with E-state index >= 15 is 0 Å². The summed E-state index contributed by atoms with van der Waals surface area (Å²) in [5.74, 6) is 0.0998. The molecule has 0 aliphatic rings. The molecule has 2 N–H and O–H groups in total. The minimum Gasteiger partial charge on any atom is -0.369 e. The Balaban J connectivity index is 2.82. The molecular formula is C3H7NOS2. The molecular weight excluding hydrogens is 130 g/mol. The Kier molecular flexibility index (Phi) is 4.44. The van der Waals surface area contributed by atoms with Crippen LogP contribution < -0.4 is 5.73 Å². The number of amides is 1. The summed E-state index contributed by atoms with van der Waals surface area (Å²) in [6.07, 6.45) is 0. The number of thioether (sulfide) groups is 1. The number of hydrogen-bond donors (Lipinski definition) is 2. The highest BCUT2D eigenvalue weighted by atomic mass is 32.2. The predicted molar refractivity (Wildman–Crippen MR) is 35.5 cm³/mol. The number of carbonyl (C=O) groups is 1. The van der Waals surface area contributed by atoms with Gasteiger partial charge in [-0.2, -0.15) is 12.6 Å². The fourth-order valence-electron chi connectivity index (χ4n) is 0.146. The summed E-state index contributed by atoms with van der Waals surface area (Å²) in [7, 11) is 0. The van der Waals surface area contributed by atoms with Gasteiger partial charge in [-0.15, -0.1) is 11.8 Å². The molecule has 0 bridgehead atoms. The highest BCUT2D eigenvalue weighted by molar-refractivity contribution is 8.09. The van der Waals surface area contributed by atoms with Crippen LogP contribution in [0.15, 0.2) is 0 Å². The maximum absolute atomic E-state index is 9.93. The van der Waals surface area contributed by atoms with Gasteiger partial charge in [0.1, 0.15) is 0 Å². The van der Waals surface area contributed by atoms with Crippen LogP contribution in [0.4, 0.5) is 0 Å². The third-order valence-electron chi connectivity index (χ3n) is 0.336. The number of carbonyl (C=O) groups excluding carboxylic acids is 1. The lowest BCUT2D eigenvalue weighted by Gasteiger charge is -1.86. The normalized spacial score (nSPS) is 8.71. The Labute approximate surface area is 52.2 Å². The van der Waals surface area contributed by atoms with Crippen LogP contribution in [0.1, 0.15) is 0 Å². The van der Waals surface area contributed by atoms with Gasteiger partial charge in [0.15, 0.2) is 0 Å². The Morgan fingerprint density at radius 3 is 2.57 bits per heavy atom. The molecule has 0 atom stereocenters. The monoisotopic (exact) mass is 137 g/mol. The van der Waals surface area contributed by atoms with Crippen molar-refractivity contribution in [1.82, 2.24) is 0 Å². The molecule has 0 aromatic heterocycles. The first-order chi connectivity index (χ1) is 3.27. The lowest BCUT2D eigenvalue weighted by Crippen LogP contribution is -2.12. The van der Waals surface area contributed by atoms with Crippen molar-refractivity contribution in [2.75, 3.05) is 10.8 Å². The van der Waals surface area contributed by atoms with Crippen molar-refractivity contribution in [3.05, 3.63) is 0 Å². The van der Waals surface area contributed by atoms with E-state index in [4.69, 9.17) is 5.73 Å². The molecule has 0 aromatic carbocycles. The molecule has 0 aliphatic carbocycles. The standard InChI is InChI=1S/C3H7NOS2/c4-3(5)1-7-2-6/h6H,1-2H2,(H2,4,5). The highest BCUT2D eigenvalue weighted by Crippen LogP contribution is 1.98. The van der Waals surface area contributed by atoms with E-state index in [-0.39, 0.29) is 5.91 Å². The van der Waals surface area contributed by atoms with Crippen molar-refractivity contribution < 1.29 is 4.79 Å². The molecule has 42 valence electrons. The summed E-state index contributed by atoms with van der Waals surface area (Å²) < 4.78 is 0. The van der Waals surface area contributed by atoms with Gasteiger partial charge < -0.3 is 5.73 Å². The molecule has 0 rings (SSSR count). The van der Waals surface area contributed by atoms with E-state index < -0.39 is 0 Å². The van der Waals surface area contributed by atoms with Crippen LogP contribution in [0, 0.1) is 0 Å². The average molecular weight is 137 g/mol. The van der Waals surface area contributed by atoms with Crippen LogP contribution in [-0.2, 0) is 4.79 Å². The third-order valence-corrected chi connectivity index (χ3v) is 1.55. The number of primary amides is 1. The van der Waals surface area contributed by atoms with Crippen LogP contribution in [0.3, 0.4) is 0 Å². The van der Waals surface area contributed by atoms with Gasteiger partial charge in [-0.1, -0.05) is 0 Å².